The molecule has 0 bridgehead atoms. The highest BCUT2D eigenvalue weighted by molar-refractivity contribution is 6.03. The fraction of sp³-hybridized carbons (Fsp3) is 0.118. The highest BCUT2D eigenvalue weighted by Gasteiger charge is 2.12. The van der Waals surface area contributed by atoms with Crippen LogP contribution < -0.4 is 10.1 Å². The van der Waals surface area contributed by atoms with Gasteiger partial charge in [-0.25, -0.2) is 4.39 Å². The summed E-state index contributed by atoms with van der Waals surface area (Å²) in [6.07, 6.45) is 0.353. The number of carbonyl (C=O) groups excluding carboxylic acids is 1. The summed E-state index contributed by atoms with van der Waals surface area (Å²) in [6, 6.07) is 12.6. The summed E-state index contributed by atoms with van der Waals surface area (Å²) < 4.78 is 23.3. The zero-order chi connectivity index (χ0) is 16.9. The maximum Gasteiger partial charge on any atom is 0.322 e. The molecule has 2 aromatic carbocycles. The monoisotopic (exact) mass is 327 g/mol. The predicted molar refractivity (Wildman–Crippen MR) is 84.5 cm³/mol. The Hall–Kier alpha value is -3.22. The summed E-state index contributed by atoms with van der Waals surface area (Å²) in [6.45, 7) is 0. The van der Waals surface area contributed by atoms with Gasteiger partial charge in [0.25, 0.3) is 5.91 Å². The molecule has 0 aliphatic carbocycles. The first kappa shape index (κ1) is 15.7. The number of carbonyl (C=O) groups is 1. The van der Waals surface area contributed by atoms with Crippen LogP contribution in [0.5, 0.6) is 5.75 Å². The lowest BCUT2D eigenvalue weighted by Crippen LogP contribution is -2.11. The number of amides is 1. The van der Waals surface area contributed by atoms with Gasteiger partial charge in [-0.15, -0.1) is 5.10 Å². The van der Waals surface area contributed by atoms with Crippen molar-refractivity contribution >= 4 is 11.9 Å². The molecular weight excluding hydrogens is 313 g/mol. The first-order chi connectivity index (χ1) is 11.6. The number of nitrogens with zero attached hydrogens (tertiary/aromatic N) is 2. The van der Waals surface area contributed by atoms with E-state index < -0.39 is 0 Å². The van der Waals surface area contributed by atoms with E-state index in [1.807, 2.05) is 0 Å². The van der Waals surface area contributed by atoms with Crippen molar-refractivity contribution in [3.8, 4) is 5.75 Å². The number of rotatable bonds is 5. The predicted octanol–water partition coefficient (Wildman–Crippen LogP) is 3.06. The van der Waals surface area contributed by atoms with E-state index in [1.165, 1.54) is 12.1 Å². The van der Waals surface area contributed by atoms with Crippen LogP contribution in [0.15, 0.2) is 52.9 Å². The van der Waals surface area contributed by atoms with Crippen LogP contribution in [0.3, 0.4) is 0 Å². The van der Waals surface area contributed by atoms with Crippen molar-refractivity contribution in [3.05, 3.63) is 71.4 Å². The molecule has 0 aliphatic heterocycles. The number of halogens is 1. The third-order valence-corrected chi connectivity index (χ3v) is 3.31. The molecule has 0 fully saturated rings. The summed E-state index contributed by atoms with van der Waals surface area (Å²) in [4.78, 5) is 12.1. The Morgan fingerprint density at radius 1 is 1.12 bits per heavy atom. The molecule has 0 atom stereocenters. The van der Waals surface area contributed by atoms with Gasteiger partial charge in [0, 0.05) is 5.56 Å². The van der Waals surface area contributed by atoms with E-state index >= 15 is 0 Å². The number of benzene rings is 2. The minimum Gasteiger partial charge on any atom is -0.497 e. The molecule has 0 aliphatic rings. The summed E-state index contributed by atoms with van der Waals surface area (Å²) >= 11 is 0. The molecule has 1 N–H and O–H groups in total. The molecule has 0 saturated heterocycles. The van der Waals surface area contributed by atoms with E-state index in [4.69, 9.17) is 9.15 Å². The van der Waals surface area contributed by atoms with Gasteiger partial charge < -0.3 is 9.15 Å². The van der Waals surface area contributed by atoms with E-state index in [-0.39, 0.29) is 17.7 Å². The third-order valence-electron chi connectivity index (χ3n) is 3.31. The molecule has 1 amide bonds. The summed E-state index contributed by atoms with van der Waals surface area (Å²) in [5.74, 6) is 0.309. The van der Waals surface area contributed by atoms with Crippen LogP contribution >= 0.6 is 0 Å². The molecule has 0 unspecified atom stereocenters. The minimum atomic E-state index is -0.366. The van der Waals surface area contributed by atoms with Crippen LogP contribution in [0.1, 0.15) is 21.8 Å². The van der Waals surface area contributed by atoms with Gasteiger partial charge >= 0.3 is 6.01 Å². The maximum atomic E-state index is 12.9. The smallest absolute Gasteiger partial charge is 0.322 e. The lowest BCUT2D eigenvalue weighted by Gasteiger charge is -2.02. The molecule has 1 heterocycles. The third kappa shape index (κ3) is 3.75. The van der Waals surface area contributed by atoms with Gasteiger partial charge in [0.05, 0.1) is 13.5 Å². The zero-order valence-corrected chi connectivity index (χ0v) is 12.8. The van der Waals surface area contributed by atoms with Crippen LogP contribution in [0, 0.1) is 5.82 Å². The second-order valence-corrected chi connectivity index (χ2v) is 4.99. The number of methoxy groups -OCH3 is 1. The van der Waals surface area contributed by atoms with E-state index in [0.29, 0.717) is 23.6 Å². The van der Waals surface area contributed by atoms with E-state index in [9.17, 15) is 9.18 Å². The Balaban J connectivity index is 1.64. The van der Waals surface area contributed by atoms with Crippen molar-refractivity contribution in [1.82, 2.24) is 10.2 Å². The molecule has 1 aromatic heterocycles. The second-order valence-electron chi connectivity index (χ2n) is 4.99. The van der Waals surface area contributed by atoms with E-state index in [1.54, 1.807) is 43.5 Å². The van der Waals surface area contributed by atoms with Crippen LogP contribution in [0.4, 0.5) is 10.4 Å². The van der Waals surface area contributed by atoms with Gasteiger partial charge in [-0.05, 0) is 42.0 Å². The molecule has 3 aromatic rings. The normalized spacial score (nSPS) is 10.4. The molecule has 24 heavy (non-hydrogen) atoms. The zero-order valence-electron chi connectivity index (χ0n) is 12.8. The van der Waals surface area contributed by atoms with Gasteiger partial charge in [-0.3, -0.25) is 10.1 Å². The molecule has 3 rings (SSSR count). The average molecular weight is 327 g/mol. The topological polar surface area (TPSA) is 77.2 Å². The maximum absolute atomic E-state index is 12.9. The van der Waals surface area contributed by atoms with Crippen molar-refractivity contribution in [2.45, 2.75) is 6.42 Å². The van der Waals surface area contributed by atoms with Crippen LogP contribution in [0.25, 0.3) is 0 Å². The minimum absolute atomic E-state index is 0.00734. The van der Waals surface area contributed by atoms with Crippen LogP contribution in [0.2, 0.25) is 0 Å². The summed E-state index contributed by atoms with van der Waals surface area (Å²) in [5, 5.41) is 10.2. The Kier molecular flexibility index (Phi) is 4.51. The highest BCUT2D eigenvalue weighted by atomic mass is 19.1. The first-order valence-electron chi connectivity index (χ1n) is 7.16. The van der Waals surface area contributed by atoms with E-state index in [2.05, 4.69) is 15.5 Å². The lowest BCUT2D eigenvalue weighted by molar-refractivity contribution is 0.102. The molecular formula is C17H14FN3O3. The van der Waals surface area contributed by atoms with Gasteiger partial charge in [-0.1, -0.05) is 17.2 Å². The number of anilines is 1. The van der Waals surface area contributed by atoms with Crippen LogP contribution in [-0.2, 0) is 6.42 Å². The molecule has 122 valence electrons. The number of hydrogen-bond acceptors (Lipinski definition) is 5. The largest absolute Gasteiger partial charge is 0.497 e. The molecule has 0 radical (unpaired) electrons. The van der Waals surface area contributed by atoms with Crippen molar-refractivity contribution in [3.63, 3.8) is 0 Å². The quantitative estimate of drug-likeness (QED) is 0.779. The molecule has 6 nitrogen and oxygen atoms in total. The fourth-order valence-electron chi connectivity index (χ4n) is 2.06. The molecule has 7 heteroatoms. The standard InChI is InChI=1S/C17H14FN3O3/c1-23-14-8-4-12(5-9-14)16(22)19-17-21-20-15(24-17)10-11-2-6-13(18)7-3-11/h2-9H,10H2,1H3,(H,19,21,22). The molecule has 0 saturated carbocycles. The Morgan fingerprint density at radius 3 is 2.50 bits per heavy atom. The van der Waals surface area contributed by atoms with Gasteiger partial charge in [0.1, 0.15) is 11.6 Å². The Morgan fingerprint density at radius 2 is 1.83 bits per heavy atom. The summed E-state index contributed by atoms with van der Waals surface area (Å²) in [5.41, 5.74) is 1.27. The Labute approximate surface area is 137 Å². The van der Waals surface area contributed by atoms with Crippen molar-refractivity contribution in [1.29, 1.82) is 0 Å². The van der Waals surface area contributed by atoms with Gasteiger partial charge in [-0.2, -0.15) is 0 Å². The lowest BCUT2D eigenvalue weighted by atomic mass is 10.1. The van der Waals surface area contributed by atoms with Crippen molar-refractivity contribution in [2.75, 3.05) is 12.4 Å². The average Bonchev–Trinajstić information content (AvgIpc) is 3.04. The Bertz CT molecular complexity index is 829. The number of nitrogens with one attached hydrogen (secondary N) is 1. The fourth-order valence-corrected chi connectivity index (χ4v) is 2.06. The van der Waals surface area contributed by atoms with Crippen molar-refractivity contribution in [2.24, 2.45) is 0 Å². The van der Waals surface area contributed by atoms with E-state index in [0.717, 1.165) is 5.56 Å². The first-order valence-corrected chi connectivity index (χ1v) is 7.16. The number of aromatic nitrogens is 2. The summed E-state index contributed by atoms with van der Waals surface area (Å²) in [7, 11) is 1.55. The number of ether oxygens (including phenoxy) is 1. The second kappa shape index (κ2) is 6.91. The van der Waals surface area contributed by atoms with Crippen molar-refractivity contribution < 1.29 is 18.3 Å². The van der Waals surface area contributed by atoms with Gasteiger partial charge in [0.15, 0.2) is 0 Å². The molecule has 0 spiro atoms. The van der Waals surface area contributed by atoms with Crippen LogP contribution in [-0.4, -0.2) is 23.2 Å². The highest BCUT2D eigenvalue weighted by Crippen LogP contribution is 2.15. The number of hydrogen-bond donors (Lipinski definition) is 1. The van der Waals surface area contributed by atoms with Gasteiger partial charge in [0.2, 0.25) is 5.89 Å². The SMILES string of the molecule is COc1ccc(C(=O)Nc2nnc(Cc3ccc(F)cc3)o2)cc1.